The minimum Gasteiger partial charge on any atom is -0.376 e. The Labute approximate surface area is 231 Å². The van der Waals surface area contributed by atoms with E-state index >= 15 is 0 Å². The second kappa shape index (κ2) is 11.6. The number of para-hydroxylation sites is 1. The second-order valence-electron chi connectivity index (χ2n) is 9.65. The SMILES string of the molecule is CN1CCN(c2ccc(C(=O)Nc3nn(S(=O)(=O)c4ccccc4)c4ccccc34)c(NC(CF)CF)c2)CC1. The van der Waals surface area contributed by atoms with Gasteiger partial charge in [0.25, 0.3) is 15.9 Å². The van der Waals surface area contributed by atoms with Gasteiger partial charge in [0.15, 0.2) is 5.82 Å². The second-order valence-corrected chi connectivity index (χ2v) is 11.4. The van der Waals surface area contributed by atoms with Crippen molar-refractivity contribution in [2.45, 2.75) is 10.9 Å². The molecule has 1 amide bonds. The Balaban J connectivity index is 1.50. The van der Waals surface area contributed by atoms with Crippen LogP contribution in [-0.2, 0) is 10.0 Å². The Morgan fingerprint density at radius 1 is 0.950 bits per heavy atom. The van der Waals surface area contributed by atoms with Gasteiger partial charge in [-0.05, 0) is 49.5 Å². The van der Waals surface area contributed by atoms with E-state index < -0.39 is 35.3 Å². The normalized spacial score (nSPS) is 14.6. The number of carbonyl (C=O) groups excluding carboxylic acids is 1. The van der Waals surface area contributed by atoms with Crippen LogP contribution in [0, 0.1) is 0 Å². The maximum absolute atomic E-state index is 13.5. The average molecular weight is 569 g/mol. The monoisotopic (exact) mass is 568 g/mol. The molecule has 0 radical (unpaired) electrons. The topological polar surface area (TPSA) is 99.6 Å². The van der Waals surface area contributed by atoms with Crippen molar-refractivity contribution in [2.75, 3.05) is 62.1 Å². The summed E-state index contributed by atoms with van der Waals surface area (Å²) in [6, 6.07) is 18.5. The third-order valence-corrected chi connectivity index (χ3v) is 8.51. The summed E-state index contributed by atoms with van der Waals surface area (Å²) in [6.07, 6.45) is 0. The first kappa shape index (κ1) is 27.5. The van der Waals surface area contributed by atoms with Crippen molar-refractivity contribution < 1.29 is 22.0 Å². The van der Waals surface area contributed by atoms with Gasteiger partial charge in [-0.2, -0.15) is 12.5 Å². The molecular formula is C28H30F2N6O3S. The van der Waals surface area contributed by atoms with Gasteiger partial charge in [0, 0.05) is 42.9 Å². The number of nitrogens with zero attached hydrogens (tertiary/aromatic N) is 4. The van der Waals surface area contributed by atoms with Crippen LogP contribution in [0.3, 0.4) is 0 Å². The molecule has 0 bridgehead atoms. The molecule has 1 aliphatic heterocycles. The summed E-state index contributed by atoms with van der Waals surface area (Å²) < 4.78 is 54.5. The molecule has 1 fully saturated rings. The van der Waals surface area contributed by atoms with Crippen LogP contribution < -0.4 is 15.5 Å². The number of rotatable bonds is 9. The Morgan fingerprint density at radius 3 is 2.33 bits per heavy atom. The van der Waals surface area contributed by atoms with Crippen molar-refractivity contribution in [1.29, 1.82) is 0 Å². The number of alkyl halides is 2. The molecule has 210 valence electrons. The van der Waals surface area contributed by atoms with Crippen molar-refractivity contribution >= 4 is 44.0 Å². The number of hydrogen-bond donors (Lipinski definition) is 2. The van der Waals surface area contributed by atoms with Gasteiger partial charge in [0.05, 0.1) is 22.0 Å². The summed E-state index contributed by atoms with van der Waals surface area (Å²) in [6.45, 7) is 1.37. The van der Waals surface area contributed by atoms with Gasteiger partial charge in [0.1, 0.15) is 13.3 Å². The molecule has 5 rings (SSSR count). The predicted octanol–water partition coefficient (Wildman–Crippen LogP) is 4.00. The number of piperazine rings is 1. The lowest BCUT2D eigenvalue weighted by Crippen LogP contribution is -2.44. The number of aromatic nitrogens is 2. The summed E-state index contributed by atoms with van der Waals surface area (Å²) in [5, 5.41) is 10.2. The number of anilines is 3. The van der Waals surface area contributed by atoms with Crippen LogP contribution in [0.5, 0.6) is 0 Å². The van der Waals surface area contributed by atoms with Gasteiger partial charge in [-0.3, -0.25) is 4.79 Å². The highest BCUT2D eigenvalue weighted by molar-refractivity contribution is 7.90. The van der Waals surface area contributed by atoms with Crippen LogP contribution in [0.1, 0.15) is 10.4 Å². The summed E-state index contributed by atoms with van der Waals surface area (Å²) in [4.78, 5) is 17.9. The zero-order chi connectivity index (χ0) is 28.3. The summed E-state index contributed by atoms with van der Waals surface area (Å²) >= 11 is 0. The highest BCUT2D eigenvalue weighted by atomic mass is 32.2. The first-order valence-corrected chi connectivity index (χ1v) is 14.3. The Kier molecular flexibility index (Phi) is 7.99. The van der Waals surface area contributed by atoms with Crippen LogP contribution in [0.15, 0.2) is 77.7 Å². The van der Waals surface area contributed by atoms with Gasteiger partial charge in [-0.15, -0.1) is 5.10 Å². The van der Waals surface area contributed by atoms with E-state index in [0.717, 1.165) is 36.0 Å². The molecule has 0 unspecified atom stereocenters. The van der Waals surface area contributed by atoms with E-state index in [1.807, 2.05) is 7.05 Å². The molecule has 40 heavy (non-hydrogen) atoms. The predicted molar refractivity (Wildman–Crippen MR) is 152 cm³/mol. The molecule has 4 aromatic rings. The highest BCUT2D eigenvalue weighted by Gasteiger charge is 2.25. The fraction of sp³-hybridized carbons (Fsp3) is 0.286. The molecule has 0 atom stereocenters. The van der Waals surface area contributed by atoms with E-state index in [0.29, 0.717) is 10.9 Å². The average Bonchev–Trinajstić information content (AvgIpc) is 3.35. The zero-order valence-corrected chi connectivity index (χ0v) is 22.7. The van der Waals surface area contributed by atoms with E-state index in [9.17, 15) is 22.0 Å². The number of nitrogens with one attached hydrogen (secondary N) is 2. The summed E-state index contributed by atoms with van der Waals surface area (Å²) in [7, 11) is -2.01. The van der Waals surface area contributed by atoms with E-state index in [1.54, 1.807) is 60.7 Å². The minimum absolute atomic E-state index is 0.0433. The zero-order valence-electron chi connectivity index (χ0n) is 21.9. The molecule has 2 heterocycles. The molecule has 1 saturated heterocycles. The molecular weight excluding hydrogens is 538 g/mol. The quantitative estimate of drug-likeness (QED) is 0.315. The fourth-order valence-corrected chi connectivity index (χ4v) is 5.94. The van der Waals surface area contributed by atoms with Crippen molar-refractivity contribution in [3.63, 3.8) is 0 Å². The molecule has 1 aliphatic rings. The lowest BCUT2D eigenvalue weighted by molar-refractivity contribution is 0.102. The number of hydrogen-bond acceptors (Lipinski definition) is 7. The van der Waals surface area contributed by atoms with Crippen LogP contribution >= 0.6 is 0 Å². The fourth-order valence-electron chi connectivity index (χ4n) is 4.63. The van der Waals surface area contributed by atoms with Crippen LogP contribution in [0.2, 0.25) is 0 Å². The van der Waals surface area contributed by atoms with E-state index in [-0.39, 0.29) is 22.0 Å². The highest BCUT2D eigenvalue weighted by Crippen LogP contribution is 2.30. The van der Waals surface area contributed by atoms with Crippen LogP contribution in [0.4, 0.5) is 26.0 Å². The third kappa shape index (κ3) is 5.50. The maximum Gasteiger partial charge on any atom is 0.283 e. The van der Waals surface area contributed by atoms with Gasteiger partial charge < -0.3 is 20.4 Å². The molecule has 9 nitrogen and oxygen atoms in total. The summed E-state index contributed by atoms with van der Waals surface area (Å²) in [5.74, 6) is -0.557. The Morgan fingerprint density at radius 2 is 1.62 bits per heavy atom. The number of likely N-dealkylation sites (N-methyl/N-ethyl adjacent to an activating group) is 1. The molecule has 12 heteroatoms. The summed E-state index contributed by atoms with van der Waals surface area (Å²) in [5.41, 5.74) is 1.54. The smallest absolute Gasteiger partial charge is 0.283 e. The lowest BCUT2D eigenvalue weighted by Gasteiger charge is -2.34. The Hall–Kier alpha value is -4.03. The van der Waals surface area contributed by atoms with E-state index in [2.05, 4.69) is 25.5 Å². The molecule has 0 aliphatic carbocycles. The van der Waals surface area contributed by atoms with Crippen LogP contribution in [-0.4, -0.2) is 81.0 Å². The number of amides is 1. The molecule has 1 aromatic heterocycles. The molecule has 0 spiro atoms. The number of carbonyl (C=O) groups is 1. The standard InChI is InChI=1S/C28H30F2N6O3S/c1-34-13-15-35(16-14-34)21-11-12-23(25(17-21)31-20(18-29)19-30)28(37)32-27-24-9-5-6-10-26(24)36(33-27)40(38,39)22-7-3-2-4-8-22/h2-12,17,20,31H,13-16,18-19H2,1H3,(H,32,33,37). The van der Waals surface area contributed by atoms with E-state index in [1.165, 1.54) is 12.1 Å². The van der Waals surface area contributed by atoms with Gasteiger partial charge in [-0.25, -0.2) is 8.78 Å². The Bertz CT molecular complexity index is 1600. The maximum atomic E-state index is 13.5. The van der Waals surface area contributed by atoms with Gasteiger partial charge in [-0.1, -0.05) is 30.3 Å². The van der Waals surface area contributed by atoms with Crippen LogP contribution in [0.25, 0.3) is 10.9 Å². The molecule has 3 aromatic carbocycles. The largest absolute Gasteiger partial charge is 0.376 e. The number of halogens is 2. The molecule has 2 N–H and O–H groups in total. The minimum atomic E-state index is -4.05. The van der Waals surface area contributed by atoms with Crippen molar-refractivity contribution in [2.24, 2.45) is 0 Å². The molecule has 0 saturated carbocycles. The third-order valence-electron chi connectivity index (χ3n) is 6.91. The van der Waals surface area contributed by atoms with Crippen molar-refractivity contribution in [3.05, 3.63) is 78.4 Å². The van der Waals surface area contributed by atoms with Crippen molar-refractivity contribution in [3.8, 4) is 0 Å². The first-order valence-electron chi connectivity index (χ1n) is 12.9. The first-order chi connectivity index (χ1) is 19.3. The van der Waals surface area contributed by atoms with Crippen molar-refractivity contribution in [1.82, 2.24) is 14.1 Å². The van der Waals surface area contributed by atoms with Gasteiger partial charge >= 0.3 is 0 Å². The number of benzene rings is 3. The number of fused-ring (bicyclic) bond motifs is 1. The lowest BCUT2D eigenvalue weighted by atomic mass is 10.1. The van der Waals surface area contributed by atoms with Gasteiger partial charge in [0.2, 0.25) is 0 Å². The van der Waals surface area contributed by atoms with E-state index in [4.69, 9.17) is 0 Å².